The van der Waals surface area contributed by atoms with Crippen LogP contribution in [0.25, 0.3) is 0 Å². The van der Waals surface area contributed by atoms with Crippen molar-refractivity contribution in [2.24, 2.45) is 5.73 Å². The van der Waals surface area contributed by atoms with E-state index >= 15 is 0 Å². The van der Waals surface area contributed by atoms with E-state index in [1.807, 2.05) is 26.0 Å². The zero-order valence-electron chi connectivity index (χ0n) is 20.2. The first kappa shape index (κ1) is 25.1. The number of nitrogens with zero attached hydrogens (tertiary/aromatic N) is 3. The van der Waals surface area contributed by atoms with Gasteiger partial charge in [0, 0.05) is 31.0 Å². The van der Waals surface area contributed by atoms with Crippen molar-refractivity contribution in [2.45, 2.75) is 64.3 Å². The number of hydrogen-bond donors (Lipinski definition) is 2. The van der Waals surface area contributed by atoms with E-state index in [4.69, 9.17) is 15.5 Å². The molecule has 3 N–H and O–H groups in total. The summed E-state index contributed by atoms with van der Waals surface area (Å²) in [5, 5.41) is 3.42. The minimum Gasteiger partial charge on any atom is -0.491 e. The van der Waals surface area contributed by atoms with E-state index in [0.29, 0.717) is 19.4 Å². The van der Waals surface area contributed by atoms with E-state index in [1.165, 1.54) is 12.0 Å². The second kappa shape index (κ2) is 12.7. The van der Waals surface area contributed by atoms with Gasteiger partial charge in [0.2, 0.25) is 0 Å². The number of ether oxygens (including phenoxy) is 1. The fraction of sp³-hybridized carbons (Fsp3) is 0.577. The van der Waals surface area contributed by atoms with Crippen molar-refractivity contribution in [3.8, 4) is 5.75 Å². The van der Waals surface area contributed by atoms with Gasteiger partial charge in [-0.25, -0.2) is 4.98 Å². The molecule has 0 aliphatic carbocycles. The van der Waals surface area contributed by atoms with Crippen molar-refractivity contribution in [3.05, 3.63) is 47.4 Å². The van der Waals surface area contributed by atoms with Crippen molar-refractivity contribution in [1.29, 1.82) is 0 Å². The van der Waals surface area contributed by atoms with Gasteiger partial charge in [0.05, 0.1) is 11.7 Å². The smallest absolute Gasteiger partial charge is 0.139 e. The minimum absolute atomic E-state index is 0.577. The SMILES string of the molecule is CC[C@](N)(C=O)CCN(CCCCc1ccc2c(n1)NCCC2)CCOc1ccc(C)nc1. The standard InChI is InChI=1S/C26H39N5O2/c1-3-26(27,20-32)13-16-31(17-18-33-24-12-9-21(2)29-19-24)15-5-4-8-23-11-10-22-7-6-14-28-25(22)30-23/h9-12,19-20H,3-8,13-18,27H2,1-2H3,(H,28,30)/t26-/m1/s1. The molecule has 3 rings (SSSR count). The largest absolute Gasteiger partial charge is 0.491 e. The van der Waals surface area contributed by atoms with Crippen molar-refractivity contribution >= 4 is 12.1 Å². The molecule has 7 nitrogen and oxygen atoms in total. The van der Waals surface area contributed by atoms with Gasteiger partial charge in [0.25, 0.3) is 0 Å². The number of aromatic nitrogens is 2. The van der Waals surface area contributed by atoms with Crippen LogP contribution in [0.15, 0.2) is 30.5 Å². The molecule has 1 aliphatic rings. The van der Waals surface area contributed by atoms with Crippen LogP contribution < -0.4 is 15.8 Å². The lowest BCUT2D eigenvalue weighted by Crippen LogP contribution is -2.44. The van der Waals surface area contributed by atoms with Gasteiger partial charge in [0.15, 0.2) is 0 Å². The summed E-state index contributed by atoms with van der Waals surface area (Å²) in [5.41, 5.74) is 8.92. The van der Waals surface area contributed by atoms with E-state index < -0.39 is 5.54 Å². The summed E-state index contributed by atoms with van der Waals surface area (Å²) < 4.78 is 5.88. The lowest BCUT2D eigenvalue weighted by Gasteiger charge is -2.27. The number of hydrogen-bond acceptors (Lipinski definition) is 7. The van der Waals surface area contributed by atoms with Crippen LogP contribution in [0.2, 0.25) is 0 Å². The normalized spacial score (nSPS) is 14.9. The van der Waals surface area contributed by atoms with Crippen LogP contribution in [0.4, 0.5) is 5.82 Å². The molecule has 0 spiro atoms. The summed E-state index contributed by atoms with van der Waals surface area (Å²) in [6, 6.07) is 8.28. The third-order valence-corrected chi connectivity index (χ3v) is 6.46. The lowest BCUT2D eigenvalue weighted by molar-refractivity contribution is -0.112. The van der Waals surface area contributed by atoms with Crippen molar-refractivity contribution in [1.82, 2.24) is 14.9 Å². The second-order valence-electron chi connectivity index (χ2n) is 9.08. The Bertz CT molecular complexity index is 873. The number of nitrogens with one attached hydrogen (secondary N) is 1. The Hall–Kier alpha value is -2.51. The molecule has 0 unspecified atom stereocenters. The molecular weight excluding hydrogens is 414 g/mol. The molecule has 0 radical (unpaired) electrons. The Balaban J connectivity index is 1.47. The minimum atomic E-state index is -0.750. The van der Waals surface area contributed by atoms with E-state index in [2.05, 4.69) is 27.3 Å². The predicted octanol–water partition coefficient (Wildman–Crippen LogP) is 3.54. The molecule has 0 bridgehead atoms. The molecule has 7 heteroatoms. The van der Waals surface area contributed by atoms with Gasteiger partial charge in [-0.15, -0.1) is 0 Å². The Kier molecular flexibility index (Phi) is 9.63. The highest BCUT2D eigenvalue weighted by atomic mass is 16.5. The van der Waals surface area contributed by atoms with Gasteiger partial charge in [-0.3, -0.25) is 9.88 Å². The topological polar surface area (TPSA) is 93.4 Å². The maximum Gasteiger partial charge on any atom is 0.139 e. The van der Waals surface area contributed by atoms with Gasteiger partial charge in [-0.1, -0.05) is 13.0 Å². The Morgan fingerprint density at radius 1 is 1.21 bits per heavy atom. The van der Waals surface area contributed by atoms with E-state index in [9.17, 15) is 4.79 Å². The predicted molar refractivity (Wildman–Crippen MR) is 133 cm³/mol. The summed E-state index contributed by atoms with van der Waals surface area (Å²) in [6.45, 7) is 8.02. The molecule has 0 saturated heterocycles. The van der Waals surface area contributed by atoms with Gasteiger partial charge in [0.1, 0.15) is 24.5 Å². The number of aldehydes is 1. The average molecular weight is 454 g/mol. The molecule has 0 amide bonds. The third-order valence-electron chi connectivity index (χ3n) is 6.46. The van der Waals surface area contributed by atoms with Crippen LogP contribution >= 0.6 is 0 Å². The van der Waals surface area contributed by atoms with E-state index in [1.54, 1.807) is 6.20 Å². The second-order valence-corrected chi connectivity index (χ2v) is 9.08. The number of anilines is 1. The summed E-state index contributed by atoms with van der Waals surface area (Å²) in [4.78, 5) is 22.9. The number of unbranched alkanes of at least 4 members (excludes halogenated alkanes) is 1. The van der Waals surface area contributed by atoms with Crippen LogP contribution in [0.1, 0.15) is 56.0 Å². The van der Waals surface area contributed by atoms with Gasteiger partial charge >= 0.3 is 0 Å². The number of carbonyl (C=O) groups is 1. The quantitative estimate of drug-likeness (QED) is 0.334. The Morgan fingerprint density at radius 3 is 2.85 bits per heavy atom. The van der Waals surface area contributed by atoms with Crippen LogP contribution in [0.3, 0.4) is 0 Å². The zero-order valence-corrected chi connectivity index (χ0v) is 20.2. The maximum atomic E-state index is 11.4. The highest BCUT2D eigenvalue weighted by Crippen LogP contribution is 2.20. The maximum absolute atomic E-state index is 11.4. The molecule has 1 aliphatic heterocycles. The highest BCUT2D eigenvalue weighted by Gasteiger charge is 2.22. The van der Waals surface area contributed by atoms with Crippen LogP contribution in [-0.4, -0.2) is 59.5 Å². The summed E-state index contributed by atoms with van der Waals surface area (Å²) in [6.07, 6.45) is 9.35. The molecule has 3 heterocycles. The summed E-state index contributed by atoms with van der Waals surface area (Å²) in [7, 11) is 0. The highest BCUT2D eigenvalue weighted by molar-refractivity contribution is 5.63. The van der Waals surface area contributed by atoms with Crippen molar-refractivity contribution in [2.75, 3.05) is 38.1 Å². The van der Waals surface area contributed by atoms with Crippen molar-refractivity contribution < 1.29 is 9.53 Å². The van der Waals surface area contributed by atoms with Gasteiger partial charge in [-0.05, 0) is 82.2 Å². The number of aryl methyl sites for hydroxylation is 3. The molecule has 2 aromatic rings. The molecule has 2 aromatic heterocycles. The average Bonchev–Trinajstić information content (AvgIpc) is 2.85. The summed E-state index contributed by atoms with van der Waals surface area (Å²) in [5.74, 6) is 1.85. The molecule has 1 atom stereocenters. The number of rotatable bonds is 14. The fourth-order valence-electron chi connectivity index (χ4n) is 4.00. The third kappa shape index (κ3) is 8.09. The molecule has 33 heavy (non-hydrogen) atoms. The van der Waals surface area contributed by atoms with Gasteiger partial charge in [-0.2, -0.15) is 0 Å². The number of nitrogens with two attached hydrogens (primary N) is 1. The van der Waals surface area contributed by atoms with Crippen LogP contribution in [-0.2, 0) is 17.6 Å². The van der Waals surface area contributed by atoms with E-state index in [-0.39, 0.29) is 0 Å². The number of pyridine rings is 2. The monoisotopic (exact) mass is 453 g/mol. The first-order chi connectivity index (χ1) is 16.0. The molecule has 180 valence electrons. The first-order valence-electron chi connectivity index (χ1n) is 12.3. The van der Waals surface area contributed by atoms with Crippen molar-refractivity contribution in [3.63, 3.8) is 0 Å². The zero-order chi connectivity index (χ0) is 23.5. The molecular formula is C26H39N5O2. The molecule has 0 aromatic carbocycles. The van der Waals surface area contributed by atoms with Gasteiger partial charge < -0.3 is 20.6 Å². The van der Waals surface area contributed by atoms with Crippen LogP contribution in [0.5, 0.6) is 5.75 Å². The molecule has 0 fully saturated rings. The lowest BCUT2D eigenvalue weighted by atomic mass is 9.95. The Labute approximate surface area is 198 Å². The number of carbonyl (C=O) groups excluding carboxylic acids is 1. The van der Waals surface area contributed by atoms with E-state index in [0.717, 1.165) is 81.1 Å². The van der Waals surface area contributed by atoms with Crippen LogP contribution in [0, 0.1) is 6.92 Å². The number of fused-ring (bicyclic) bond motifs is 1. The molecule has 0 saturated carbocycles. The fourth-order valence-corrected chi connectivity index (χ4v) is 4.00. The first-order valence-corrected chi connectivity index (χ1v) is 12.3. The summed E-state index contributed by atoms with van der Waals surface area (Å²) >= 11 is 0. The Morgan fingerprint density at radius 2 is 2.09 bits per heavy atom.